The Bertz CT molecular complexity index is 498. The molecule has 1 aromatic rings. The number of nitrogens with two attached hydrogens (primary N) is 1. The molecule has 4 N–H and O–H groups in total. The number of methoxy groups -OCH3 is 1. The van der Waals surface area contributed by atoms with Crippen LogP contribution < -0.4 is 16.4 Å². The van der Waals surface area contributed by atoms with Crippen LogP contribution in [0.2, 0.25) is 0 Å². The number of amides is 1. The minimum Gasteiger partial charge on any atom is -0.380 e. The Balaban J connectivity index is 1.89. The molecule has 0 heterocycles. The molecule has 1 saturated carbocycles. The van der Waals surface area contributed by atoms with Gasteiger partial charge < -0.3 is 21.1 Å². The van der Waals surface area contributed by atoms with Gasteiger partial charge in [-0.3, -0.25) is 4.79 Å². The lowest BCUT2D eigenvalue weighted by atomic mass is 10.2. The van der Waals surface area contributed by atoms with Crippen LogP contribution in [0.4, 0.5) is 5.69 Å². The number of anilines is 1. The van der Waals surface area contributed by atoms with Gasteiger partial charge in [-0.05, 0) is 18.9 Å². The van der Waals surface area contributed by atoms with Crippen molar-refractivity contribution >= 4 is 17.6 Å². The van der Waals surface area contributed by atoms with Crippen molar-refractivity contribution in [2.45, 2.75) is 25.5 Å². The topological polar surface area (TPSA) is 88.7 Å². The predicted octanol–water partition coefficient (Wildman–Crippen LogP) is 0.838. The van der Waals surface area contributed by atoms with E-state index >= 15 is 0 Å². The molecule has 0 bridgehead atoms. The van der Waals surface area contributed by atoms with Crippen LogP contribution in [0.15, 0.2) is 29.3 Å². The van der Waals surface area contributed by atoms with Crippen molar-refractivity contribution in [3.8, 4) is 0 Å². The summed E-state index contributed by atoms with van der Waals surface area (Å²) in [5.41, 5.74) is 7.60. The first-order valence-electron chi connectivity index (χ1n) is 6.62. The van der Waals surface area contributed by atoms with Crippen LogP contribution in [0.3, 0.4) is 0 Å². The molecule has 1 aliphatic carbocycles. The fraction of sp³-hybridized carbons (Fsp3) is 0.429. The van der Waals surface area contributed by atoms with E-state index in [4.69, 9.17) is 10.5 Å². The summed E-state index contributed by atoms with van der Waals surface area (Å²) in [4.78, 5) is 15.5. The predicted molar refractivity (Wildman–Crippen MR) is 78.4 cm³/mol. The third-order valence-electron chi connectivity index (χ3n) is 2.92. The van der Waals surface area contributed by atoms with E-state index < -0.39 is 0 Å². The molecule has 0 saturated heterocycles. The van der Waals surface area contributed by atoms with Gasteiger partial charge in [-0.15, -0.1) is 0 Å². The highest BCUT2D eigenvalue weighted by Crippen LogP contribution is 2.18. The van der Waals surface area contributed by atoms with Gasteiger partial charge in [0, 0.05) is 24.4 Å². The summed E-state index contributed by atoms with van der Waals surface area (Å²) in [6.45, 7) is 0.528. The summed E-state index contributed by atoms with van der Waals surface area (Å²) in [7, 11) is 1.64. The van der Waals surface area contributed by atoms with Crippen LogP contribution in [-0.2, 0) is 16.1 Å². The molecule has 0 aromatic heterocycles. The number of ether oxygens (including phenoxy) is 1. The highest BCUT2D eigenvalue weighted by molar-refractivity contribution is 5.94. The van der Waals surface area contributed by atoms with E-state index in [-0.39, 0.29) is 18.4 Å². The second-order valence-electron chi connectivity index (χ2n) is 4.76. The number of hydrogen-bond acceptors (Lipinski definition) is 3. The number of rotatable bonds is 6. The minimum absolute atomic E-state index is 0.0434. The van der Waals surface area contributed by atoms with E-state index in [0.717, 1.165) is 24.1 Å². The summed E-state index contributed by atoms with van der Waals surface area (Å²) in [5, 5.41) is 5.84. The van der Waals surface area contributed by atoms with Gasteiger partial charge in [0.25, 0.3) is 0 Å². The average Bonchev–Trinajstić information content (AvgIpc) is 3.23. The Morgan fingerprint density at radius 2 is 2.20 bits per heavy atom. The zero-order valence-corrected chi connectivity index (χ0v) is 11.6. The molecule has 1 fully saturated rings. The smallest absolute Gasteiger partial charge is 0.242 e. The van der Waals surface area contributed by atoms with E-state index in [9.17, 15) is 4.79 Å². The van der Waals surface area contributed by atoms with Crippen molar-refractivity contribution in [1.82, 2.24) is 5.32 Å². The molecule has 0 spiro atoms. The van der Waals surface area contributed by atoms with E-state index in [2.05, 4.69) is 15.6 Å². The maximum atomic E-state index is 11.5. The van der Waals surface area contributed by atoms with Gasteiger partial charge in [-0.1, -0.05) is 18.2 Å². The van der Waals surface area contributed by atoms with Crippen LogP contribution in [-0.4, -0.2) is 31.6 Å². The van der Waals surface area contributed by atoms with E-state index in [1.165, 1.54) is 0 Å². The van der Waals surface area contributed by atoms with E-state index in [1.807, 2.05) is 24.3 Å². The molecule has 6 heteroatoms. The second-order valence-corrected chi connectivity index (χ2v) is 4.76. The first-order chi connectivity index (χ1) is 9.69. The van der Waals surface area contributed by atoms with Gasteiger partial charge in [0.05, 0.1) is 6.61 Å². The van der Waals surface area contributed by atoms with E-state index in [1.54, 1.807) is 7.11 Å². The minimum atomic E-state index is -0.0950. The molecule has 1 amide bonds. The Morgan fingerprint density at radius 3 is 2.90 bits per heavy atom. The number of aliphatic imine (C=N–C) groups is 1. The van der Waals surface area contributed by atoms with Crippen LogP contribution in [0, 0.1) is 0 Å². The molecule has 6 nitrogen and oxygen atoms in total. The molecule has 20 heavy (non-hydrogen) atoms. The highest BCUT2D eigenvalue weighted by Gasteiger charge is 2.22. The number of nitrogens with zero attached hydrogens (tertiary/aromatic N) is 1. The van der Waals surface area contributed by atoms with Gasteiger partial charge >= 0.3 is 0 Å². The van der Waals surface area contributed by atoms with Crippen molar-refractivity contribution in [3.63, 3.8) is 0 Å². The molecule has 0 unspecified atom stereocenters. The summed E-state index contributed by atoms with van der Waals surface area (Å²) in [6, 6.07) is 8.00. The molecular weight excluding hydrogens is 256 g/mol. The van der Waals surface area contributed by atoms with Gasteiger partial charge in [-0.2, -0.15) is 0 Å². The first-order valence-corrected chi connectivity index (χ1v) is 6.62. The largest absolute Gasteiger partial charge is 0.380 e. The quantitative estimate of drug-likeness (QED) is 0.530. The SMILES string of the molecule is COCc1ccccc1NC(N)=NCC(=O)NC1CC1. The Morgan fingerprint density at radius 1 is 1.45 bits per heavy atom. The second kappa shape index (κ2) is 6.91. The lowest BCUT2D eigenvalue weighted by Crippen LogP contribution is -2.30. The van der Waals surface area contributed by atoms with Gasteiger partial charge in [0.2, 0.25) is 5.91 Å². The lowest BCUT2D eigenvalue weighted by molar-refractivity contribution is -0.119. The van der Waals surface area contributed by atoms with Crippen molar-refractivity contribution in [1.29, 1.82) is 0 Å². The van der Waals surface area contributed by atoms with Crippen molar-refractivity contribution in [2.75, 3.05) is 19.0 Å². The number of para-hydroxylation sites is 1. The lowest BCUT2D eigenvalue weighted by Gasteiger charge is -2.10. The maximum absolute atomic E-state index is 11.5. The molecule has 0 aliphatic heterocycles. The zero-order valence-electron chi connectivity index (χ0n) is 11.6. The van der Waals surface area contributed by atoms with Crippen LogP contribution in [0.25, 0.3) is 0 Å². The molecule has 108 valence electrons. The van der Waals surface area contributed by atoms with Crippen molar-refractivity contribution < 1.29 is 9.53 Å². The van der Waals surface area contributed by atoms with Crippen molar-refractivity contribution in [2.24, 2.45) is 10.7 Å². The highest BCUT2D eigenvalue weighted by atomic mass is 16.5. The van der Waals surface area contributed by atoms with Crippen LogP contribution in [0.1, 0.15) is 18.4 Å². The van der Waals surface area contributed by atoms with E-state index in [0.29, 0.717) is 12.6 Å². The zero-order chi connectivity index (χ0) is 14.4. The molecule has 1 aromatic carbocycles. The van der Waals surface area contributed by atoms with Crippen LogP contribution >= 0.6 is 0 Å². The Kier molecular flexibility index (Phi) is 4.95. The third kappa shape index (κ3) is 4.55. The normalized spacial score (nSPS) is 14.9. The maximum Gasteiger partial charge on any atom is 0.242 e. The fourth-order valence-electron chi connectivity index (χ4n) is 1.76. The molecular formula is C14H20N4O2. The number of carbonyl (C=O) groups excluding carboxylic acids is 1. The number of guanidine groups is 1. The number of hydrogen-bond donors (Lipinski definition) is 3. The number of benzene rings is 1. The molecule has 2 rings (SSSR count). The third-order valence-corrected chi connectivity index (χ3v) is 2.92. The average molecular weight is 276 g/mol. The standard InChI is InChI=1S/C14H20N4O2/c1-20-9-10-4-2-3-5-12(10)18-14(15)16-8-13(19)17-11-6-7-11/h2-5,11H,6-9H2,1H3,(H,17,19)(H3,15,16,18). The van der Waals surface area contributed by atoms with Crippen molar-refractivity contribution in [3.05, 3.63) is 29.8 Å². The monoisotopic (exact) mass is 276 g/mol. The molecule has 0 atom stereocenters. The number of carbonyl (C=O) groups is 1. The Hall–Kier alpha value is -2.08. The summed E-state index contributed by atoms with van der Waals surface area (Å²) in [5.74, 6) is 0.127. The summed E-state index contributed by atoms with van der Waals surface area (Å²) >= 11 is 0. The Labute approximate surface area is 118 Å². The number of nitrogens with one attached hydrogen (secondary N) is 2. The van der Waals surface area contributed by atoms with Crippen LogP contribution in [0.5, 0.6) is 0 Å². The van der Waals surface area contributed by atoms with Gasteiger partial charge in [-0.25, -0.2) is 4.99 Å². The summed E-state index contributed by atoms with van der Waals surface area (Å²) < 4.78 is 5.11. The van der Waals surface area contributed by atoms with Gasteiger partial charge in [0.15, 0.2) is 5.96 Å². The fourth-order valence-corrected chi connectivity index (χ4v) is 1.76. The molecule has 1 aliphatic rings. The first kappa shape index (κ1) is 14.3. The van der Waals surface area contributed by atoms with Gasteiger partial charge in [0.1, 0.15) is 6.54 Å². The molecule has 0 radical (unpaired) electrons. The summed E-state index contributed by atoms with van der Waals surface area (Å²) in [6.07, 6.45) is 2.13.